The van der Waals surface area contributed by atoms with Gasteiger partial charge >= 0.3 is 5.97 Å². The average Bonchev–Trinajstić information content (AvgIpc) is 2.91. The van der Waals surface area contributed by atoms with Crippen molar-refractivity contribution in [2.45, 2.75) is 0 Å². The molecule has 0 saturated carbocycles. The Kier molecular flexibility index (Phi) is 10.8. The van der Waals surface area contributed by atoms with E-state index in [2.05, 4.69) is 0 Å². The smallest absolute Gasteiger partial charge is 0.341 e. The van der Waals surface area contributed by atoms with Crippen LogP contribution in [-0.4, -0.2) is 72.6 Å². The first-order chi connectivity index (χ1) is 18.0. The molecule has 37 heavy (non-hydrogen) atoms. The van der Waals surface area contributed by atoms with Crippen molar-refractivity contribution >= 4 is 27.5 Å². The number of benzene rings is 4. The highest BCUT2D eigenvalue weighted by molar-refractivity contribution is 5.93. The second kappa shape index (κ2) is 14.5. The van der Waals surface area contributed by atoms with Crippen molar-refractivity contribution in [3.05, 3.63) is 72.8 Å². The van der Waals surface area contributed by atoms with Crippen LogP contribution in [0.3, 0.4) is 0 Å². The van der Waals surface area contributed by atoms with Crippen molar-refractivity contribution in [2.24, 2.45) is 0 Å². The molecule has 0 aliphatic rings. The van der Waals surface area contributed by atoms with Crippen LogP contribution in [0.1, 0.15) is 0 Å². The van der Waals surface area contributed by atoms with Gasteiger partial charge in [-0.05, 0) is 24.3 Å². The predicted molar refractivity (Wildman–Crippen MR) is 139 cm³/mol. The molecule has 4 N–H and O–H groups in total. The topological polar surface area (TPSA) is 135 Å². The number of aliphatic hydroxyl groups is 1. The van der Waals surface area contributed by atoms with Crippen molar-refractivity contribution < 1.29 is 44.2 Å². The number of aliphatic hydroxyl groups excluding tert-OH is 1. The lowest BCUT2D eigenvalue weighted by atomic mass is 10.1. The Morgan fingerprint density at radius 1 is 0.595 bits per heavy atom. The maximum Gasteiger partial charge on any atom is 0.341 e. The Hall–Kier alpha value is -4.05. The Bertz CT molecular complexity index is 1290. The molecule has 0 saturated heterocycles. The maximum absolute atomic E-state index is 10.4. The fraction of sp³-hybridized carbons (Fsp3) is 0.250. The van der Waals surface area contributed by atoms with E-state index in [1.807, 2.05) is 24.3 Å². The van der Waals surface area contributed by atoms with Crippen molar-refractivity contribution in [1.82, 2.24) is 0 Å². The molecule has 0 heterocycles. The molecule has 0 radical (unpaired) electrons. The van der Waals surface area contributed by atoms with E-state index in [0.29, 0.717) is 49.6 Å². The van der Waals surface area contributed by atoms with Gasteiger partial charge in [0.25, 0.3) is 0 Å². The normalized spacial score (nSPS) is 10.6. The zero-order chi connectivity index (χ0) is 26.5. The van der Waals surface area contributed by atoms with E-state index in [1.54, 1.807) is 42.5 Å². The second-order valence-electron chi connectivity index (χ2n) is 7.74. The van der Waals surface area contributed by atoms with E-state index in [9.17, 15) is 15.0 Å². The summed E-state index contributed by atoms with van der Waals surface area (Å²) in [5.74, 6) is 0.546. The molecule has 0 aliphatic carbocycles. The molecule has 0 amide bonds. The molecular weight excluding hydrogens is 480 g/mol. The Morgan fingerprint density at radius 2 is 1.05 bits per heavy atom. The number of hydrogen-bond acceptors (Lipinski definition) is 8. The lowest BCUT2D eigenvalue weighted by Gasteiger charge is -2.10. The summed E-state index contributed by atoms with van der Waals surface area (Å²) < 4.78 is 21.2. The molecule has 9 heteroatoms. The summed E-state index contributed by atoms with van der Waals surface area (Å²) in [4.78, 5) is 10.4. The number of hydrogen-bond donors (Lipinski definition) is 4. The minimum atomic E-state index is -1.03. The third-order valence-corrected chi connectivity index (χ3v) is 5.17. The first kappa shape index (κ1) is 27.5. The molecular formula is C28H30O9. The number of carboxylic acid groups (broad SMARTS) is 1. The summed E-state index contributed by atoms with van der Waals surface area (Å²) in [6.07, 6.45) is 0. The molecule has 0 unspecified atom stereocenters. The van der Waals surface area contributed by atoms with E-state index in [0.717, 1.165) is 16.5 Å². The van der Waals surface area contributed by atoms with E-state index < -0.39 is 12.6 Å². The quantitative estimate of drug-likeness (QED) is 0.209. The van der Waals surface area contributed by atoms with Gasteiger partial charge in [-0.25, -0.2) is 4.79 Å². The van der Waals surface area contributed by atoms with Crippen LogP contribution in [0.15, 0.2) is 72.8 Å². The first-order valence-corrected chi connectivity index (χ1v) is 11.7. The van der Waals surface area contributed by atoms with Gasteiger partial charge in [0.2, 0.25) is 0 Å². The number of carbonyl (C=O) groups is 1. The molecule has 9 nitrogen and oxygen atoms in total. The number of aliphatic carboxylic acids is 1. The summed E-state index contributed by atoms with van der Waals surface area (Å²) in [5.41, 5.74) is 0. The van der Waals surface area contributed by atoms with Gasteiger partial charge in [0.1, 0.15) is 29.6 Å². The fourth-order valence-electron chi connectivity index (χ4n) is 3.50. The molecule has 0 spiro atoms. The predicted octanol–water partition coefficient (Wildman–Crippen LogP) is 3.96. The molecule has 196 valence electrons. The van der Waals surface area contributed by atoms with Gasteiger partial charge in [-0.3, -0.25) is 0 Å². The van der Waals surface area contributed by atoms with E-state index >= 15 is 0 Å². The monoisotopic (exact) mass is 510 g/mol. The van der Waals surface area contributed by atoms with E-state index in [4.69, 9.17) is 29.2 Å². The zero-order valence-corrected chi connectivity index (χ0v) is 20.2. The number of phenolic OH excluding ortho intramolecular Hbond substituents is 2. The van der Waals surface area contributed by atoms with Gasteiger partial charge < -0.3 is 39.4 Å². The zero-order valence-electron chi connectivity index (χ0n) is 20.2. The van der Waals surface area contributed by atoms with Crippen LogP contribution in [0, 0.1) is 0 Å². The summed E-state index contributed by atoms with van der Waals surface area (Å²) in [5, 5.41) is 39.5. The summed E-state index contributed by atoms with van der Waals surface area (Å²) in [7, 11) is 0. The molecule has 4 rings (SSSR count). The van der Waals surface area contributed by atoms with Crippen molar-refractivity contribution in [2.75, 3.05) is 46.2 Å². The highest BCUT2D eigenvalue weighted by Crippen LogP contribution is 2.33. The largest absolute Gasteiger partial charge is 0.507 e. The van der Waals surface area contributed by atoms with Crippen LogP contribution in [0.4, 0.5) is 0 Å². The lowest BCUT2D eigenvalue weighted by Crippen LogP contribution is -2.12. The molecule has 0 atom stereocenters. The SMILES string of the molecule is O=C(O)COc1ccc(O)c2ccccc12.OCCOCCOCCOc1ccc(O)c2ccccc12. The third kappa shape index (κ3) is 8.25. The minimum Gasteiger partial charge on any atom is -0.507 e. The molecule has 0 aliphatic heterocycles. The van der Waals surface area contributed by atoms with Crippen molar-refractivity contribution in [1.29, 1.82) is 0 Å². The number of aromatic hydroxyl groups is 2. The summed E-state index contributed by atoms with van der Waals surface area (Å²) in [6.45, 7) is 1.78. The number of carboxylic acids is 1. The van der Waals surface area contributed by atoms with E-state index in [1.165, 1.54) is 6.07 Å². The lowest BCUT2D eigenvalue weighted by molar-refractivity contribution is -0.139. The number of fused-ring (bicyclic) bond motifs is 2. The molecule has 0 bridgehead atoms. The third-order valence-electron chi connectivity index (χ3n) is 5.17. The van der Waals surface area contributed by atoms with Crippen LogP contribution >= 0.6 is 0 Å². The Labute approximate surface area is 214 Å². The van der Waals surface area contributed by atoms with E-state index in [-0.39, 0.29) is 18.1 Å². The van der Waals surface area contributed by atoms with Gasteiger partial charge in [0.05, 0.1) is 33.0 Å². The van der Waals surface area contributed by atoms with Crippen molar-refractivity contribution in [3.63, 3.8) is 0 Å². The van der Waals surface area contributed by atoms with Crippen LogP contribution < -0.4 is 9.47 Å². The average molecular weight is 511 g/mol. The van der Waals surface area contributed by atoms with Gasteiger partial charge in [-0.15, -0.1) is 0 Å². The standard InChI is InChI=1S/C16H20O5.C12H10O4/c17-7-8-19-9-10-20-11-12-21-16-6-5-15(18)13-3-1-2-4-14(13)16;13-10-5-6-11(16-7-12(14)15)9-4-2-1-3-8(9)10/h1-6,17-18H,7-12H2;1-6,13H,7H2,(H,14,15). The molecule has 4 aromatic carbocycles. The van der Waals surface area contributed by atoms with Crippen LogP contribution in [-0.2, 0) is 14.3 Å². The van der Waals surface area contributed by atoms with Crippen molar-refractivity contribution in [3.8, 4) is 23.0 Å². The number of ether oxygens (including phenoxy) is 4. The molecule has 4 aromatic rings. The second-order valence-corrected chi connectivity index (χ2v) is 7.74. The van der Waals surface area contributed by atoms with Gasteiger partial charge in [0.15, 0.2) is 6.61 Å². The number of phenols is 2. The highest BCUT2D eigenvalue weighted by atomic mass is 16.5. The number of rotatable bonds is 12. The summed E-state index contributed by atoms with van der Waals surface area (Å²) in [6, 6.07) is 21.1. The fourth-order valence-corrected chi connectivity index (χ4v) is 3.50. The molecule has 0 aromatic heterocycles. The van der Waals surface area contributed by atoms with Gasteiger partial charge in [-0.1, -0.05) is 48.5 Å². The summed E-state index contributed by atoms with van der Waals surface area (Å²) >= 11 is 0. The maximum atomic E-state index is 10.4. The van der Waals surface area contributed by atoms with Gasteiger partial charge in [0, 0.05) is 21.5 Å². The van der Waals surface area contributed by atoms with Crippen LogP contribution in [0.25, 0.3) is 21.5 Å². The van der Waals surface area contributed by atoms with Crippen LogP contribution in [0.5, 0.6) is 23.0 Å². The van der Waals surface area contributed by atoms with Gasteiger partial charge in [-0.2, -0.15) is 0 Å². The highest BCUT2D eigenvalue weighted by Gasteiger charge is 2.07. The molecule has 0 fully saturated rings. The first-order valence-electron chi connectivity index (χ1n) is 11.7. The van der Waals surface area contributed by atoms with Crippen LogP contribution in [0.2, 0.25) is 0 Å². The Balaban J connectivity index is 0.000000213. The Morgan fingerprint density at radius 3 is 1.57 bits per heavy atom. The minimum absolute atomic E-state index is 0.0248.